The average Bonchev–Trinajstić information content (AvgIpc) is 3.27. The molecule has 1 aromatic rings. The number of allylic oxidation sites excluding steroid dienone is 3. The van der Waals surface area contributed by atoms with E-state index in [2.05, 4.69) is 9.30 Å². The molecule has 3 aliphatic rings. The van der Waals surface area contributed by atoms with E-state index in [4.69, 9.17) is 16.3 Å². The van der Waals surface area contributed by atoms with Gasteiger partial charge in [0, 0.05) is 29.2 Å². The van der Waals surface area contributed by atoms with Crippen LogP contribution in [-0.2, 0) is 20.5 Å². The smallest absolute Gasteiger partial charge is 0.219 e. The van der Waals surface area contributed by atoms with Gasteiger partial charge in [-0.25, -0.2) is 4.21 Å². The number of aliphatic hydroxyl groups excluding tert-OH is 1. The van der Waals surface area contributed by atoms with Crippen LogP contribution >= 0.6 is 11.6 Å². The van der Waals surface area contributed by atoms with E-state index in [0.717, 1.165) is 44.5 Å². The zero-order chi connectivity index (χ0) is 20.4. The van der Waals surface area contributed by atoms with Crippen LogP contribution in [0.15, 0.2) is 52.1 Å². The molecule has 0 amide bonds. The topological polar surface area (TPSA) is 79.2 Å². The molecule has 0 aromatic heterocycles. The van der Waals surface area contributed by atoms with Gasteiger partial charge in [0.25, 0.3) is 0 Å². The number of fused-ring (bicyclic) bond motifs is 1. The van der Waals surface area contributed by atoms with E-state index in [9.17, 15) is 14.1 Å². The second-order valence-electron chi connectivity index (χ2n) is 7.42. The minimum Gasteiger partial charge on any atom is -0.490 e. The van der Waals surface area contributed by atoms with E-state index in [-0.39, 0.29) is 17.6 Å². The van der Waals surface area contributed by atoms with Crippen molar-refractivity contribution >= 4 is 34.1 Å². The molecule has 2 aliphatic heterocycles. The highest BCUT2D eigenvalue weighted by atomic mass is 35.5. The molecule has 29 heavy (non-hydrogen) atoms. The van der Waals surface area contributed by atoms with Crippen molar-refractivity contribution in [1.82, 2.24) is 4.90 Å². The lowest BCUT2D eigenvalue weighted by atomic mass is 9.94. The maximum Gasteiger partial charge on any atom is 0.219 e. The number of carbonyl (C=O) groups is 1. The highest BCUT2D eigenvalue weighted by Crippen LogP contribution is 2.31. The maximum atomic E-state index is 12.8. The van der Waals surface area contributed by atoms with Crippen LogP contribution in [0, 0.1) is 0 Å². The fourth-order valence-electron chi connectivity index (χ4n) is 3.79. The summed E-state index contributed by atoms with van der Waals surface area (Å²) in [6.45, 7) is 3.02. The highest BCUT2D eigenvalue weighted by molar-refractivity contribution is 7.86. The van der Waals surface area contributed by atoms with Gasteiger partial charge >= 0.3 is 0 Å². The molecule has 0 bridgehead atoms. The van der Waals surface area contributed by atoms with Crippen LogP contribution in [0.3, 0.4) is 0 Å². The number of ketones is 1. The van der Waals surface area contributed by atoms with Gasteiger partial charge in [0.2, 0.25) is 5.78 Å². The molecule has 3 atom stereocenters. The van der Waals surface area contributed by atoms with Gasteiger partial charge < -0.3 is 14.7 Å². The first kappa shape index (κ1) is 20.5. The van der Waals surface area contributed by atoms with E-state index in [1.165, 1.54) is 0 Å². The number of hydrogen-bond acceptors (Lipinski definition) is 5. The molecule has 154 valence electrons. The normalized spacial score (nSPS) is 26.8. The van der Waals surface area contributed by atoms with E-state index < -0.39 is 16.2 Å². The van der Waals surface area contributed by atoms with Crippen molar-refractivity contribution < 1.29 is 18.8 Å². The quantitative estimate of drug-likeness (QED) is 0.667. The third-order valence-electron chi connectivity index (χ3n) is 5.33. The van der Waals surface area contributed by atoms with Crippen molar-refractivity contribution in [3.63, 3.8) is 0 Å². The van der Waals surface area contributed by atoms with Crippen molar-refractivity contribution in [3.8, 4) is 0 Å². The SMILES string of the molecule is O=C1C(OCCCCN2CCC(O)C2)=CC=C2C(c3ccc(Cl)cc3)=NS(=O)C12. The van der Waals surface area contributed by atoms with Gasteiger partial charge in [0.1, 0.15) is 5.25 Å². The Bertz CT molecular complexity index is 910. The third-order valence-corrected chi connectivity index (χ3v) is 6.81. The molecule has 1 aliphatic carbocycles. The Morgan fingerprint density at radius 3 is 2.76 bits per heavy atom. The van der Waals surface area contributed by atoms with Gasteiger partial charge in [-0.2, -0.15) is 4.40 Å². The summed E-state index contributed by atoms with van der Waals surface area (Å²) >= 11 is 5.93. The van der Waals surface area contributed by atoms with Crippen LogP contribution < -0.4 is 0 Å². The zero-order valence-corrected chi connectivity index (χ0v) is 17.5. The molecule has 0 radical (unpaired) electrons. The van der Waals surface area contributed by atoms with Crippen LogP contribution in [-0.4, -0.2) is 63.3 Å². The monoisotopic (exact) mass is 434 g/mol. The van der Waals surface area contributed by atoms with Gasteiger partial charge in [-0.3, -0.25) is 4.79 Å². The molecule has 4 rings (SSSR count). The van der Waals surface area contributed by atoms with Gasteiger partial charge in [-0.05, 0) is 44.0 Å². The van der Waals surface area contributed by atoms with Gasteiger partial charge in [-0.1, -0.05) is 29.8 Å². The minimum absolute atomic E-state index is 0.204. The highest BCUT2D eigenvalue weighted by Gasteiger charge is 2.41. The second kappa shape index (κ2) is 8.92. The molecular weight excluding hydrogens is 412 g/mol. The molecule has 2 heterocycles. The zero-order valence-electron chi connectivity index (χ0n) is 15.9. The largest absolute Gasteiger partial charge is 0.490 e. The standard InChI is InChI=1S/C21H23ClN2O4S/c22-15-5-3-14(4-6-15)19-17-7-8-18(20(26)21(17)29(27)23-19)28-12-2-1-10-24-11-9-16(25)13-24/h3-8,16,21,25H,1-2,9-13H2. The lowest BCUT2D eigenvalue weighted by molar-refractivity contribution is -0.118. The lowest BCUT2D eigenvalue weighted by Gasteiger charge is -2.18. The number of benzene rings is 1. The number of aliphatic hydroxyl groups is 1. The molecule has 1 fully saturated rings. The molecule has 6 nitrogen and oxygen atoms in total. The summed E-state index contributed by atoms with van der Waals surface area (Å²) in [7, 11) is -1.65. The van der Waals surface area contributed by atoms with Gasteiger partial charge in [0.15, 0.2) is 16.7 Å². The Morgan fingerprint density at radius 1 is 1.24 bits per heavy atom. The molecule has 3 unspecified atom stereocenters. The fraction of sp³-hybridized carbons (Fsp3) is 0.429. The number of nitrogens with zero attached hydrogens (tertiary/aromatic N) is 2. The van der Waals surface area contributed by atoms with E-state index in [1.54, 1.807) is 36.4 Å². The van der Waals surface area contributed by atoms with Crippen molar-refractivity contribution in [2.45, 2.75) is 30.6 Å². The first-order chi connectivity index (χ1) is 14.0. The summed E-state index contributed by atoms with van der Waals surface area (Å²) in [4.78, 5) is 15.0. The Kier molecular flexibility index (Phi) is 6.29. The Labute approximate surface area is 177 Å². The van der Waals surface area contributed by atoms with E-state index in [0.29, 0.717) is 22.9 Å². The van der Waals surface area contributed by atoms with Gasteiger partial charge in [0.05, 0.1) is 18.4 Å². The number of Topliss-reactive ketones (excluding diaryl/α,β-unsaturated/α-hetero) is 1. The molecule has 1 saturated heterocycles. The number of unbranched alkanes of at least 4 members (excludes halogenated alkanes) is 1. The summed E-state index contributed by atoms with van der Waals surface area (Å²) < 4.78 is 22.4. The summed E-state index contributed by atoms with van der Waals surface area (Å²) in [6.07, 6.45) is 5.82. The first-order valence-corrected chi connectivity index (χ1v) is 11.3. The minimum atomic E-state index is -1.65. The number of ether oxygens (including phenoxy) is 1. The number of likely N-dealkylation sites (tertiary alicyclic amines) is 1. The van der Waals surface area contributed by atoms with Gasteiger partial charge in [-0.15, -0.1) is 0 Å². The summed E-state index contributed by atoms with van der Waals surface area (Å²) in [5, 5.41) is 9.35. The predicted molar refractivity (Wildman–Crippen MR) is 113 cm³/mol. The average molecular weight is 435 g/mol. The maximum absolute atomic E-state index is 12.8. The Morgan fingerprint density at radius 2 is 2.03 bits per heavy atom. The number of rotatable bonds is 7. The summed E-state index contributed by atoms with van der Waals surface area (Å²) in [5.74, 6) is -0.0348. The van der Waals surface area contributed by atoms with Crippen LogP contribution in [0.4, 0.5) is 0 Å². The fourth-order valence-corrected chi connectivity index (χ4v) is 5.11. The van der Waals surface area contributed by atoms with Crippen LogP contribution in [0.25, 0.3) is 0 Å². The number of carbonyl (C=O) groups excluding carboxylic acids is 1. The van der Waals surface area contributed by atoms with Crippen molar-refractivity contribution in [2.75, 3.05) is 26.2 Å². The van der Waals surface area contributed by atoms with Crippen molar-refractivity contribution in [3.05, 3.63) is 58.3 Å². The number of β-amino-alcohol motifs (C(OH)–C–C–N with tert-alkyl or cyclic N) is 1. The van der Waals surface area contributed by atoms with E-state index >= 15 is 0 Å². The molecule has 0 spiro atoms. The second-order valence-corrected chi connectivity index (χ2v) is 9.06. The van der Waals surface area contributed by atoms with Crippen LogP contribution in [0.1, 0.15) is 24.8 Å². The van der Waals surface area contributed by atoms with E-state index in [1.807, 2.05) is 0 Å². The lowest BCUT2D eigenvalue weighted by Crippen LogP contribution is -2.30. The molecule has 1 N–H and O–H groups in total. The summed E-state index contributed by atoms with van der Waals surface area (Å²) in [6, 6.07) is 7.10. The Balaban J connectivity index is 1.35. The number of halogens is 1. The molecule has 8 heteroatoms. The molecule has 0 saturated carbocycles. The van der Waals surface area contributed by atoms with Crippen molar-refractivity contribution in [1.29, 1.82) is 0 Å². The first-order valence-electron chi connectivity index (χ1n) is 9.78. The Hall–Kier alpha value is -1.80. The molecule has 1 aromatic carbocycles. The third kappa shape index (κ3) is 4.53. The predicted octanol–water partition coefficient (Wildman–Crippen LogP) is 2.43. The summed E-state index contributed by atoms with van der Waals surface area (Å²) in [5.41, 5.74) is 2.02. The van der Waals surface area contributed by atoms with Crippen LogP contribution in [0.2, 0.25) is 5.02 Å². The number of hydrogen-bond donors (Lipinski definition) is 1. The van der Waals surface area contributed by atoms with Crippen molar-refractivity contribution in [2.24, 2.45) is 4.40 Å². The molecular formula is C21H23ClN2O4S. The van der Waals surface area contributed by atoms with Crippen LogP contribution in [0.5, 0.6) is 0 Å².